The Bertz CT molecular complexity index is 527. The summed E-state index contributed by atoms with van der Waals surface area (Å²) in [5.74, 6) is 0.974. The number of pyridine rings is 1. The first-order chi connectivity index (χ1) is 9.04. The number of rotatable bonds is 4. The van der Waals surface area contributed by atoms with Gasteiger partial charge in [0.1, 0.15) is 0 Å². The summed E-state index contributed by atoms with van der Waals surface area (Å²) in [6, 6.07) is 10.8. The summed E-state index contributed by atoms with van der Waals surface area (Å²) in [7, 11) is 0. The summed E-state index contributed by atoms with van der Waals surface area (Å²) in [5, 5.41) is 0. The fourth-order valence-electron chi connectivity index (χ4n) is 2.07. The van der Waals surface area contributed by atoms with Gasteiger partial charge in [-0.3, -0.25) is 4.98 Å². The molecule has 0 bridgehead atoms. The lowest BCUT2D eigenvalue weighted by Gasteiger charge is -2.07. The van der Waals surface area contributed by atoms with Gasteiger partial charge in [-0.2, -0.15) is 0 Å². The van der Waals surface area contributed by atoms with Gasteiger partial charge in [0.25, 0.3) is 0 Å². The third-order valence-corrected chi connectivity index (χ3v) is 3.97. The van der Waals surface area contributed by atoms with E-state index in [1.807, 2.05) is 30.9 Å². The van der Waals surface area contributed by atoms with E-state index < -0.39 is 0 Å². The Morgan fingerprint density at radius 3 is 2.37 bits per heavy atom. The number of thioether (sulfide) groups is 1. The molecule has 0 amide bonds. The number of nitrogens with zero attached hydrogens (tertiary/aromatic N) is 1. The first-order valence-corrected chi connectivity index (χ1v) is 7.44. The van der Waals surface area contributed by atoms with Crippen LogP contribution in [0.5, 0.6) is 0 Å². The highest BCUT2D eigenvalue weighted by Crippen LogP contribution is 2.23. The van der Waals surface area contributed by atoms with Crippen molar-refractivity contribution >= 4 is 11.8 Å². The topological polar surface area (TPSA) is 38.9 Å². The van der Waals surface area contributed by atoms with Gasteiger partial charge in [-0.1, -0.05) is 29.3 Å². The molecule has 2 rings (SSSR count). The van der Waals surface area contributed by atoms with Crippen molar-refractivity contribution in [2.45, 2.75) is 37.5 Å². The minimum absolute atomic E-state index is 0.00141. The molecule has 2 aromatic rings. The fourth-order valence-corrected chi connectivity index (χ4v) is 2.86. The molecule has 1 aromatic heterocycles. The highest BCUT2D eigenvalue weighted by atomic mass is 32.2. The van der Waals surface area contributed by atoms with Crippen molar-refractivity contribution < 1.29 is 0 Å². The number of hydrogen-bond acceptors (Lipinski definition) is 3. The van der Waals surface area contributed by atoms with Crippen LogP contribution in [0.3, 0.4) is 0 Å². The molecule has 0 aliphatic carbocycles. The Morgan fingerprint density at radius 1 is 1.16 bits per heavy atom. The third-order valence-electron chi connectivity index (χ3n) is 2.91. The van der Waals surface area contributed by atoms with Crippen molar-refractivity contribution in [2.75, 3.05) is 0 Å². The van der Waals surface area contributed by atoms with Crippen molar-refractivity contribution in [1.29, 1.82) is 0 Å². The van der Waals surface area contributed by atoms with E-state index in [-0.39, 0.29) is 6.04 Å². The van der Waals surface area contributed by atoms with Crippen LogP contribution >= 0.6 is 11.8 Å². The molecular formula is C16H20N2S. The Balaban J connectivity index is 2.02. The monoisotopic (exact) mass is 272 g/mol. The molecule has 1 heterocycles. The molecule has 3 heteroatoms. The second-order valence-corrected chi connectivity index (χ2v) is 6.04. The van der Waals surface area contributed by atoms with Crippen molar-refractivity contribution in [3.05, 3.63) is 58.9 Å². The molecule has 2 N–H and O–H groups in total. The van der Waals surface area contributed by atoms with Gasteiger partial charge in [-0.15, -0.1) is 11.8 Å². The minimum Gasteiger partial charge on any atom is -0.323 e. The molecule has 0 saturated heterocycles. The van der Waals surface area contributed by atoms with Crippen molar-refractivity contribution in [2.24, 2.45) is 5.73 Å². The van der Waals surface area contributed by atoms with Crippen LogP contribution in [0.1, 0.15) is 35.3 Å². The molecule has 0 aliphatic heterocycles. The summed E-state index contributed by atoms with van der Waals surface area (Å²) in [4.78, 5) is 5.56. The van der Waals surface area contributed by atoms with Crippen molar-refractivity contribution in [3.8, 4) is 0 Å². The van der Waals surface area contributed by atoms with Crippen LogP contribution < -0.4 is 5.73 Å². The van der Waals surface area contributed by atoms with Gasteiger partial charge in [0.05, 0.1) is 5.69 Å². The zero-order chi connectivity index (χ0) is 13.8. The van der Waals surface area contributed by atoms with E-state index in [4.69, 9.17) is 5.73 Å². The van der Waals surface area contributed by atoms with Gasteiger partial charge < -0.3 is 5.73 Å². The largest absolute Gasteiger partial charge is 0.323 e. The Labute approximate surface area is 119 Å². The molecule has 0 fully saturated rings. The third kappa shape index (κ3) is 4.08. The average Bonchev–Trinajstić information content (AvgIpc) is 2.36. The summed E-state index contributed by atoms with van der Waals surface area (Å²) < 4.78 is 0. The first-order valence-electron chi connectivity index (χ1n) is 6.46. The molecule has 100 valence electrons. The van der Waals surface area contributed by atoms with Crippen molar-refractivity contribution in [3.63, 3.8) is 0 Å². The van der Waals surface area contributed by atoms with E-state index in [9.17, 15) is 0 Å². The van der Waals surface area contributed by atoms with Crippen molar-refractivity contribution in [1.82, 2.24) is 4.98 Å². The molecule has 0 aliphatic rings. The second kappa shape index (κ2) is 6.22. The maximum Gasteiger partial charge on any atom is 0.0569 e. The van der Waals surface area contributed by atoms with Gasteiger partial charge in [0.2, 0.25) is 0 Å². The normalized spacial score (nSPS) is 12.4. The SMILES string of the molecule is Cc1cc(C)cc(CSc2ccc([C@H](C)N)nc2)c1. The Morgan fingerprint density at radius 2 is 1.84 bits per heavy atom. The van der Waals surface area contributed by atoms with E-state index in [1.54, 1.807) is 0 Å². The molecule has 0 saturated carbocycles. The highest BCUT2D eigenvalue weighted by molar-refractivity contribution is 7.98. The quantitative estimate of drug-likeness (QED) is 0.855. The van der Waals surface area contributed by atoms with E-state index in [0.29, 0.717) is 0 Å². The molecule has 0 spiro atoms. The van der Waals surface area contributed by atoms with Gasteiger partial charge in [0.15, 0.2) is 0 Å². The summed E-state index contributed by atoms with van der Waals surface area (Å²) >= 11 is 1.81. The Kier molecular flexibility index (Phi) is 4.61. The van der Waals surface area contributed by atoms with E-state index >= 15 is 0 Å². The van der Waals surface area contributed by atoms with E-state index in [0.717, 1.165) is 11.4 Å². The van der Waals surface area contributed by atoms with Crippen LogP contribution in [-0.4, -0.2) is 4.98 Å². The van der Waals surface area contributed by atoms with Gasteiger partial charge in [0, 0.05) is 22.9 Å². The lowest BCUT2D eigenvalue weighted by atomic mass is 10.1. The zero-order valence-corrected chi connectivity index (χ0v) is 12.5. The summed E-state index contributed by atoms with van der Waals surface area (Å²) in [6.07, 6.45) is 1.91. The highest BCUT2D eigenvalue weighted by Gasteiger charge is 2.02. The smallest absolute Gasteiger partial charge is 0.0569 e. The number of benzene rings is 1. The maximum absolute atomic E-state index is 5.79. The van der Waals surface area contributed by atoms with Crippen LogP contribution in [-0.2, 0) is 5.75 Å². The van der Waals surface area contributed by atoms with Crippen LogP contribution in [0.4, 0.5) is 0 Å². The number of aromatic nitrogens is 1. The fraction of sp³-hybridized carbons (Fsp3) is 0.312. The standard InChI is InChI=1S/C16H20N2S/c1-11-6-12(2)8-14(7-11)10-19-15-4-5-16(13(3)17)18-9-15/h4-9,13H,10,17H2,1-3H3/t13-/m0/s1. The lowest BCUT2D eigenvalue weighted by Crippen LogP contribution is -2.06. The number of hydrogen-bond donors (Lipinski definition) is 1. The van der Waals surface area contributed by atoms with Crippen LogP contribution in [0.25, 0.3) is 0 Å². The molecule has 19 heavy (non-hydrogen) atoms. The first kappa shape index (κ1) is 14.1. The lowest BCUT2D eigenvalue weighted by molar-refractivity contribution is 0.777. The van der Waals surface area contributed by atoms with E-state index in [1.165, 1.54) is 21.6 Å². The molecule has 1 atom stereocenters. The average molecular weight is 272 g/mol. The van der Waals surface area contributed by atoms with Crippen LogP contribution in [0, 0.1) is 13.8 Å². The van der Waals surface area contributed by atoms with Gasteiger partial charge >= 0.3 is 0 Å². The molecule has 0 unspecified atom stereocenters. The number of aryl methyl sites for hydroxylation is 2. The molecule has 0 radical (unpaired) electrons. The minimum atomic E-state index is -0.00141. The predicted octanol–water partition coefficient (Wildman–Crippen LogP) is 4.01. The predicted molar refractivity (Wildman–Crippen MR) is 82.3 cm³/mol. The molecule has 2 nitrogen and oxygen atoms in total. The Hall–Kier alpha value is -1.32. The summed E-state index contributed by atoms with van der Waals surface area (Å²) in [6.45, 7) is 6.23. The summed E-state index contributed by atoms with van der Waals surface area (Å²) in [5.41, 5.74) is 10.7. The maximum atomic E-state index is 5.79. The second-order valence-electron chi connectivity index (χ2n) is 4.99. The molecule has 1 aromatic carbocycles. The number of nitrogens with two attached hydrogens (primary N) is 1. The zero-order valence-electron chi connectivity index (χ0n) is 11.7. The van der Waals surface area contributed by atoms with E-state index in [2.05, 4.69) is 43.1 Å². The van der Waals surface area contributed by atoms with Crippen LogP contribution in [0.2, 0.25) is 0 Å². The molecular weight excluding hydrogens is 252 g/mol. The van der Waals surface area contributed by atoms with Gasteiger partial charge in [-0.05, 0) is 38.5 Å². The van der Waals surface area contributed by atoms with Crippen LogP contribution in [0.15, 0.2) is 41.4 Å². The van der Waals surface area contributed by atoms with Gasteiger partial charge in [-0.25, -0.2) is 0 Å².